The molecule has 0 radical (unpaired) electrons. The molecule has 0 aliphatic carbocycles. The summed E-state index contributed by atoms with van der Waals surface area (Å²) in [5, 5.41) is 11.8. The average Bonchev–Trinajstić information content (AvgIpc) is 3.18. The third-order valence-corrected chi connectivity index (χ3v) is 9.26. The van der Waals surface area contributed by atoms with Crippen molar-refractivity contribution in [1.29, 1.82) is 0 Å². The molecule has 0 aliphatic rings. The molecule has 276 valence electrons. The fourth-order valence-electron chi connectivity index (χ4n) is 4.10. The minimum absolute atomic E-state index is 0.0685. The van der Waals surface area contributed by atoms with Gasteiger partial charge in [-0.15, -0.1) is 0 Å². The zero-order chi connectivity index (χ0) is 39.5. The summed E-state index contributed by atoms with van der Waals surface area (Å²) in [6.45, 7) is 0. The molecule has 0 atom stereocenters. The van der Waals surface area contributed by atoms with Gasteiger partial charge in [-0.1, -0.05) is 87.8 Å². The van der Waals surface area contributed by atoms with Crippen LogP contribution in [0.2, 0.25) is 30.1 Å². The van der Waals surface area contributed by atoms with Crippen LogP contribution in [0.5, 0.6) is 0 Å². The fraction of sp³-hybridized carbons (Fsp3) is 0.0571. The van der Waals surface area contributed by atoms with E-state index in [0.29, 0.717) is 52.8 Å². The van der Waals surface area contributed by atoms with E-state index in [2.05, 4.69) is 29.9 Å². The van der Waals surface area contributed by atoms with E-state index in [9.17, 15) is 14.4 Å². The average molecular weight is 869 g/mol. The van der Waals surface area contributed by atoms with Crippen LogP contribution in [0.25, 0.3) is 33.8 Å². The number of benzene rings is 3. The molecule has 3 aromatic carbocycles. The maximum absolute atomic E-state index is 11.9. The van der Waals surface area contributed by atoms with Crippen molar-refractivity contribution >= 4 is 98.3 Å². The molecular weight excluding hydrogens is 847 g/mol. The molecule has 12 nitrogen and oxygen atoms in total. The van der Waals surface area contributed by atoms with E-state index in [4.69, 9.17) is 91.2 Å². The number of aromatic nitrogens is 6. The summed E-state index contributed by atoms with van der Waals surface area (Å²) in [4.78, 5) is 62.0. The van der Waals surface area contributed by atoms with Gasteiger partial charge in [0.2, 0.25) is 0 Å². The smallest absolute Gasteiger partial charge is 0.354 e. The maximum atomic E-state index is 11.9. The molecule has 3 aromatic heterocycles. The molecule has 6 aromatic rings. The number of nitrogens with zero attached hydrogens (tertiary/aromatic N) is 7. The van der Waals surface area contributed by atoms with E-state index in [1.807, 2.05) is 0 Å². The summed E-state index contributed by atoms with van der Waals surface area (Å²) in [6, 6.07) is 19.6. The van der Waals surface area contributed by atoms with Gasteiger partial charge in [-0.3, -0.25) is 14.4 Å². The van der Waals surface area contributed by atoms with Gasteiger partial charge in [0.05, 0.1) is 54.3 Å². The number of hydrogen-bond donors (Lipinski definition) is 1. The van der Waals surface area contributed by atoms with E-state index in [1.165, 1.54) is 45.3 Å². The molecule has 1 N–H and O–H groups in total. The van der Waals surface area contributed by atoms with Crippen LogP contribution >= 0.6 is 81.2 Å². The number of carboxylic acids is 1. The number of carbonyl (C=O) groups is 3. The van der Waals surface area contributed by atoms with Gasteiger partial charge in [0.25, 0.3) is 11.1 Å². The summed E-state index contributed by atoms with van der Waals surface area (Å²) >= 11 is 40.6. The molecule has 3 heterocycles. The Hall–Kier alpha value is -4.50. The minimum atomic E-state index is -1.10. The second-order valence-corrected chi connectivity index (χ2v) is 13.1. The van der Waals surface area contributed by atoms with Crippen LogP contribution in [0.1, 0.15) is 31.5 Å². The van der Waals surface area contributed by atoms with Crippen LogP contribution in [0.15, 0.2) is 91.8 Å². The Kier molecular flexibility index (Phi) is 15.4. The van der Waals surface area contributed by atoms with E-state index in [-0.39, 0.29) is 23.0 Å². The number of halogens is 7. The van der Waals surface area contributed by atoms with Crippen LogP contribution in [0.3, 0.4) is 0 Å². The van der Waals surface area contributed by atoms with E-state index in [1.54, 1.807) is 60.7 Å². The second-order valence-electron chi connectivity index (χ2n) is 10.3. The highest BCUT2D eigenvalue weighted by Gasteiger charge is 2.15. The first kappa shape index (κ1) is 42.2. The molecule has 0 spiro atoms. The standard InChI is InChI=1S/C13H11Cl2N3O2.C11H5Cl3N2O.C11H6Cl2N2O2/c1-18(20-2)13(19)12-6-11(16-7-17-12)8-3-4-9(14)10(15)5-8;12-7-2-1-6(3-8(7)13)9-4-10(11(14)17)16-5-15-9;12-7-2-1-6(3-8(7)13)9-4-10(11(16)17)15-5-14-9/h3-7H,1-2H3;1-5H;1-5H,(H,16,17). The van der Waals surface area contributed by atoms with Crippen molar-refractivity contribution in [2.45, 2.75) is 0 Å². The number of carbonyl (C=O) groups excluding carboxylic acids is 2. The molecule has 0 saturated heterocycles. The van der Waals surface area contributed by atoms with Gasteiger partial charge in [0.1, 0.15) is 30.4 Å². The molecule has 19 heteroatoms. The van der Waals surface area contributed by atoms with Gasteiger partial charge in [0, 0.05) is 23.7 Å². The Morgan fingerprint density at radius 1 is 0.537 bits per heavy atom. The molecular formula is C35H22Cl7N7O5. The van der Waals surface area contributed by atoms with Crippen LogP contribution in [-0.4, -0.2) is 71.3 Å². The Bertz CT molecular complexity index is 2230. The van der Waals surface area contributed by atoms with Crippen molar-refractivity contribution in [3.63, 3.8) is 0 Å². The minimum Gasteiger partial charge on any atom is -0.477 e. The van der Waals surface area contributed by atoms with E-state index >= 15 is 0 Å². The van der Waals surface area contributed by atoms with Crippen molar-refractivity contribution in [2.75, 3.05) is 14.2 Å². The maximum Gasteiger partial charge on any atom is 0.354 e. The molecule has 6 rings (SSSR count). The monoisotopic (exact) mass is 865 g/mol. The number of hydroxylamine groups is 2. The van der Waals surface area contributed by atoms with Gasteiger partial charge >= 0.3 is 5.97 Å². The van der Waals surface area contributed by atoms with Crippen molar-refractivity contribution in [1.82, 2.24) is 35.0 Å². The molecule has 0 bridgehead atoms. The fourth-order valence-corrected chi connectivity index (χ4v) is 5.10. The largest absolute Gasteiger partial charge is 0.477 e. The quantitative estimate of drug-likeness (QED) is 0.120. The summed E-state index contributed by atoms with van der Waals surface area (Å²) in [6.07, 6.45) is 3.78. The topological polar surface area (TPSA) is 161 Å². The van der Waals surface area contributed by atoms with E-state index in [0.717, 1.165) is 16.2 Å². The van der Waals surface area contributed by atoms with Gasteiger partial charge in [-0.25, -0.2) is 39.8 Å². The number of amides is 1. The lowest BCUT2D eigenvalue weighted by Crippen LogP contribution is -2.26. The Morgan fingerprint density at radius 3 is 1.24 bits per heavy atom. The van der Waals surface area contributed by atoms with Gasteiger partial charge in [0.15, 0.2) is 5.69 Å². The lowest BCUT2D eigenvalue weighted by Gasteiger charge is -2.13. The summed E-state index contributed by atoms with van der Waals surface area (Å²) < 4.78 is 0. The van der Waals surface area contributed by atoms with Crippen molar-refractivity contribution in [3.05, 3.63) is 139 Å². The third kappa shape index (κ3) is 11.5. The first-order valence-electron chi connectivity index (χ1n) is 14.8. The SMILES string of the molecule is CON(C)C(=O)c1cc(-c2ccc(Cl)c(Cl)c2)ncn1.O=C(Cl)c1cc(-c2ccc(Cl)c(Cl)c2)ncn1.O=C(O)c1cc(-c2ccc(Cl)c(Cl)c2)ncn1. The van der Waals surface area contributed by atoms with Gasteiger partial charge in [-0.05, 0) is 66.2 Å². The zero-order valence-corrected chi connectivity index (χ0v) is 32.8. The molecule has 0 unspecified atom stereocenters. The number of rotatable bonds is 7. The lowest BCUT2D eigenvalue weighted by atomic mass is 10.1. The normalized spacial score (nSPS) is 10.3. The molecule has 0 fully saturated rings. The van der Waals surface area contributed by atoms with E-state index < -0.39 is 11.2 Å². The Balaban J connectivity index is 0.000000181. The first-order chi connectivity index (χ1) is 25.7. The van der Waals surface area contributed by atoms with Crippen molar-refractivity contribution in [2.24, 2.45) is 0 Å². The Labute approximate surface area is 342 Å². The summed E-state index contributed by atoms with van der Waals surface area (Å²) in [5.74, 6) is -1.47. The number of hydrogen-bond acceptors (Lipinski definition) is 10. The molecule has 1 amide bonds. The van der Waals surface area contributed by atoms with Crippen molar-refractivity contribution < 1.29 is 24.3 Å². The van der Waals surface area contributed by atoms with Gasteiger partial charge < -0.3 is 5.11 Å². The van der Waals surface area contributed by atoms with Gasteiger partial charge in [-0.2, -0.15) is 0 Å². The number of aromatic carboxylic acids is 1. The second kappa shape index (κ2) is 19.7. The zero-order valence-electron chi connectivity index (χ0n) is 27.5. The highest BCUT2D eigenvalue weighted by Crippen LogP contribution is 2.30. The van der Waals surface area contributed by atoms with Crippen molar-refractivity contribution in [3.8, 4) is 33.8 Å². The molecule has 0 aliphatic heterocycles. The first-order valence-corrected chi connectivity index (χ1v) is 17.4. The molecule has 0 saturated carbocycles. The predicted octanol–water partition coefficient (Wildman–Crippen LogP) is 10.1. The van der Waals surface area contributed by atoms with Crippen LogP contribution in [0.4, 0.5) is 0 Å². The van der Waals surface area contributed by atoms with Crippen LogP contribution in [-0.2, 0) is 4.84 Å². The summed E-state index contributed by atoms with van der Waals surface area (Å²) in [7, 11) is 2.91. The number of carboxylic acid groups (broad SMARTS) is 1. The van der Waals surface area contributed by atoms with Crippen LogP contribution < -0.4 is 0 Å². The highest BCUT2D eigenvalue weighted by molar-refractivity contribution is 6.67. The predicted molar refractivity (Wildman–Crippen MR) is 209 cm³/mol. The molecule has 54 heavy (non-hydrogen) atoms. The highest BCUT2D eigenvalue weighted by atomic mass is 35.5. The third-order valence-electron chi connectivity index (χ3n) is 6.85. The van der Waals surface area contributed by atoms with Crippen LogP contribution in [0, 0.1) is 0 Å². The summed E-state index contributed by atoms with van der Waals surface area (Å²) in [5.41, 5.74) is 4.08. The lowest BCUT2D eigenvalue weighted by molar-refractivity contribution is -0.0760. The Morgan fingerprint density at radius 2 is 0.889 bits per heavy atom.